The summed E-state index contributed by atoms with van der Waals surface area (Å²) in [5, 5.41) is 13.4. The number of imidazole rings is 1. The Kier molecular flexibility index (Phi) is 7.43. The van der Waals surface area contributed by atoms with E-state index in [0.29, 0.717) is 67.0 Å². The first kappa shape index (κ1) is 24.4. The Balaban J connectivity index is 1.67. The van der Waals surface area contributed by atoms with Crippen molar-refractivity contribution in [2.45, 2.75) is 51.7 Å². The van der Waals surface area contributed by atoms with Crippen LogP contribution in [-0.4, -0.2) is 40.9 Å². The number of amides is 2. The van der Waals surface area contributed by atoms with E-state index in [2.05, 4.69) is 15.2 Å². The predicted octanol–water partition coefficient (Wildman–Crippen LogP) is 4.33. The molecule has 2 aromatic carbocycles. The molecule has 1 aromatic heterocycles. The van der Waals surface area contributed by atoms with Crippen LogP contribution in [0.3, 0.4) is 0 Å². The van der Waals surface area contributed by atoms with Crippen LogP contribution < -0.4 is 15.4 Å². The van der Waals surface area contributed by atoms with Gasteiger partial charge in [0.2, 0.25) is 0 Å². The number of benzene rings is 2. The molecule has 0 bridgehead atoms. The number of nitrogens with one attached hydrogen (secondary N) is 3. The average Bonchev–Trinajstić information content (AvgIpc) is 3.45. The van der Waals surface area contributed by atoms with Crippen molar-refractivity contribution in [1.82, 2.24) is 20.2 Å². The van der Waals surface area contributed by atoms with Gasteiger partial charge in [0.15, 0.2) is 0 Å². The number of halogens is 1. The van der Waals surface area contributed by atoms with Crippen molar-refractivity contribution >= 4 is 28.6 Å². The standard InChI is InChI=1S/C26H30FN5O3/c1-3-32-20-12-7-13-21(35-2)23(20)31-24(32)19(11-5-4-9-17(28)14-27)30-25(33)18-10-6-8-16-15-29-26(34)22(16)18/h6-8,10,12-13,19,28H,3-5,9,11,14-15H2,1-2H3,(H,29,34)(H,30,33)/t19-/m0/s1. The molecule has 0 spiro atoms. The highest BCUT2D eigenvalue weighted by molar-refractivity contribution is 6.09. The minimum absolute atomic E-state index is 0.0713. The van der Waals surface area contributed by atoms with E-state index in [-0.39, 0.29) is 17.5 Å². The van der Waals surface area contributed by atoms with Crippen LogP contribution in [-0.2, 0) is 13.1 Å². The molecule has 184 valence electrons. The molecule has 0 aliphatic carbocycles. The van der Waals surface area contributed by atoms with Gasteiger partial charge in [0, 0.05) is 18.8 Å². The maximum Gasteiger partial charge on any atom is 0.252 e. The van der Waals surface area contributed by atoms with Gasteiger partial charge in [-0.05, 0) is 49.9 Å². The lowest BCUT2D eigenvalue weighted by molar-refractivity contribution is 0.0912. The van der Waals surface area contributed by atoms with E-state index in [4.69, 9.17) is 15.1 Å². The van der Waals surface area contributed by atoms with E-state index in [0.717, 1.165) is 11.1 Å². The quantitative estimate of drug-likeness (QED) is 0.281. The summed E-state index contributed by atoms with van der Waals surface area (Å²) >= 11 is 0. The molecule has 35 heavy (non-hydrogen) atoms. The zero-order valence-corrected chi connectivity index (χ0v) is 20.0. The van der Waals surface area contributed by atoms with Crippen molar-refractivity contribution in [3.8, 4) is 5.75 Å². The highest BCUT2D eigenvalue weighted by Crippen LogP contribution is 2.30. The third kappa shape index (κ3) is 4.89. The van der Waals surface area contributed by atoms with Crippen LogP contribution in [0.5, 0.6) is 5.75 Å². The van der Waals surface area contributed by atoms with Crippen LogP contribution in [0.15, 0.2) is 36.4 Å². The molecule has 1 aliphatic rings. The second-order valence-electron chi connectivity index (χ2n) is 8.57. The number of unbranched alkanes of at least 4 members (excludes halogenated alkanes) is 1. The summed E-state index contributed by atoms with van der Waals surface area (Å²) in [6.07, 6.45) is 2.23. The lowest BCUT2D eigenvalue weighted by Gasteiger charge is -2.20. The molecule has 2 heterocycles. The second kappa shape index (κ2) is 10.7. The first-order chi connectivity index (χ1) is 17.0. The van der Waals surface area contributed by atoms with Crippen molar-refractivity contribution in [2.24, 2.45) is 0 Å². The molecular formula is C26H30FN5O3. The molecule has 0 fully saturated rings. The number of alkyl halides is 1. The van der Waals surface area contributed by atoms with Gasteiger partial charge in [0.25, 0.3) is 11.8 Å². The molecule has 0 radical (unpaired) electrons. The molecule has 2 amide bonds. The minimum Gasteiger partial charge on any atom is -0.494 e. The van der Waals surface area contributed by atoms with Gasteiger partial charge >= 0.3 is 0 Å². The van der Waals surface area contributed by atoms with Crippen LogP contribution in [0.4, 0.5) is 4.39 Å². The lowest BCUT2D eigenvalue weighted by atomic mass is 10.0. The highest BCUT2D eigenvalue weighted by atomic mass is 19.1. The van der Waals surface area contributed by atoms with Crippen LogP contribution in [0.25, 0.3) is 11.0 Å². The number of fused-ring (bicyclic) bond motifs is 2. The number of aromatic nitrogens is 2. The maximum atomic E-state index is 13.4. The number of nitrogens with zero attached hydrogens (tertiary/aromatic N) is 2. The zero-order valence-electron chi connectivity index (χ0n) is 20.0. The van der Waals surface area contributed by atoms with Gasteiger partial charge in [-0.3, -0.25) is 9.59 Å². The van der Waals surface area contributed by atoms with Gasteiger partial charge < -0.3 is 25.3 Å². The van der Waals surface area contributed by atoms with Crippen molar-refractivity contribution in [3.05, 3.63) is 58.9 Å². The molecule has 0 unspecified atom stereocenters. The first-order valence-electron chi connectivity index (χ1n) is 11.8. The topological polar surface area (TPSA) is 109 Å². The van der Waals surface area contributed by atoms with Crippen LogP contribution in [0.2, 0.25) is 0 Å². The smallest absolute Gasteiger partial charge is 0.252 e. The maximum absolute atomic E-state index is 13.4. The number of carbonyl (C=O) groups is 2. The summed E-state index contributed by atoms with van der Waals surface area (Å²) in [4.78, 5) is 30.6. The number of hydrogen-bond acceptors (Lipinski definition) is 5. The molecule has 1 aliphatic heterocycles. The predicted molar refractivity (Wildman–Crippen MR) is 132 cm³/mol. The minimum atomic E-state index is -0.743. The van der Waals surface area contributed by atoms with E-state index >= 15 is 0 Å². The van der Waals surface area contributed by atoms with E-state index in [1.165, 1.54) is 0 Å². The van der Waals surface area contributed by atoms with Crippen molar-refractivity contribution in [2.75, 3.05) is 13.8 Å². The SMILES string of the molecule is CCn1c([C@H](CCCCC(=N)CF)NC(=O)c2cccc3c2C(=O)NC3)nc2c(OC)cccc21. The van der Waals surface area contributed by atoms with E-state index in [1.807, 2.05) is 31.2 Å². The summed E-state index contributed by atoms with van der Waals surface area (Å²) in [5.41, 5.74) is 3.23. The Bertz CT molecular complexity index is 1270. The molecule has 3 N–H and O–H groups in total. The largest absolute Gasteiger partial charge is 0.494 e. The molecule has 8 nitrogen and oxygen atoms in total. The summed E-state index contributed by atoms with van der Waals surface area (Å²) in [7, 11) is 1.60. The third-order valence-corrected chi connectivity index (χ3v) is 6.37. The number of ether oxygens (including phenoxy) is 1. The molecular weight excluding hydrogens is 449 g/mol. The second-order valence-corrected chi connectivity index (χ2v) is 8.57. The number of methoxy groups -OCH3 is 1. The summed E-state index contributed by atoms with van der Waals surface area (Å²) in [6, 6.07) is 10.5. The normalized spacial score (nSPS) is 13.4. The van der Waals surface area contributed by atoms with Crippen LogP contribution in [0.1, 0.15) is 70.8 Å². The zero-order chi connectivity index (χ0) is 24.9. The van der Waals surface area contributed by atoms with Gasteiger partial charge in [-0.2, -0.15) is 0 Å². The number of aryl methyl sites for hydroxylation is 1. The summed E-state index contributed by atoms with van der Waals surface area (Å²) in [6.45, 7) is 2.32. The van der Waals surface area contributed by atoms with Gasteiger partial charge in [0.1, 0.15) is 23.8 Å². The molecule has 0 saturated carbocycles. The molecule has 4 rings (SSSR count). The molecule has 3 aromatic rings. The Labute approximate surface area is 203 Å². The Morgan fingerprint density at radius 1 is 1.29 bits per heavy atom. The summed E-state index contributed by atoms with van der Waals surface area (Å²) in [5.74, 6) is 0.743. The molecule has 0 saturated heterocycles. The first-order valence-corrected chi connectivity index (χ1v) is 11.8. The highest BCUT2D eigenvalue weighted by Gasteiger charge is 2.28. The van der Waals surface area contributed by atoms with E-state index < -0.39 is 12.7 Å². The van der Waals surface area contributed by atoms with Gasteiger partial charge in [-0.1, -0.05) is 24.6 Å². The fourth-order valence-corrected chi connectivity index (χ4v) is 4.63. The van der Waals surface area contributed by atoms with E-state index in [9.17, 15) is 14.0 Å². The van der Waals surface area contributed by atoms with Gasteiger partial charge in [0.05, 0.1) is 29.8 Å². The van der Waals surface area contributed by atoms with Crippen LogP contribution >= 0.6 is 0 Å². The molecule has 9 heteroatoms. The van der Waals surface area contributed by atoms with Gasteiger partial charge in [-0.25, -0.2) is 9.37 Å². The Morgan fingerprint density at radius 2 is 2.09 bits per heavy atom. The third-order valence-electron chi connectivity index (χ3n) is 6.37. The number of para-hydroxylation sites is 1. The number of rotatable bonds is 11. The van der Waals surface area contributed by atoms with Crippen molar-refractivity contribution in [3.63, 3.8) is 0 Å². The number of hydrogen-bond donors (Lipinski definition) is 3. The Hall–Kier alpha value is -3.75. The lowest BCUT2D eigenvalue weighted by Crippen LogP contribution is -2.32. The monoisotopic (exact) mass is 479 g/mol. The van der Waals surface area contributed by atoms with Crippen LogP contribution in [0, 0.1) is 5.41 Å². The van der Waals surface area contributed by atoms with E-state index in [1.54, 1.807) is 19.2 Å². The number of carbonyl (C=O) groups excluding carboxylic acids is 2. The van der Waals surface area contributed by atoms with Crippen molar-refractivity contribution in [1.29, 1.82) is 5.41 Å². The van der Waals surface area contributed by atoms with Gasteiger partial charge in [-0.15, -0.1) is 0 Å². The van der Waals surface area contributed by atoms with Crippen molar-refractivity contribution < 1.29 is 18.7 Å². The fourth-order valence-electron chi connectivity index (χ4n) is 4.63. The Morgan fingerprint density at radius 3 is 2.83 bits per heavy atom. The average molecular weight is 480 g/mol. The fraction of sp³-hybridized carbons (Fsp3) is 0.385. The summed E-state index contributed by atoms with van der Waals surface area (Å²) < 4.78 is 20.2. The molecule has 1 atom stereocenters.